The van der Waals surface area contributed by atoms with Crippen LogP contribution < -0.4 is 0 Å². The van der Waals surface area contributed by atoms with Gasteiger partial charge in [-0.3, -0.25) is 0 Å². The number of hydrogen-bond acceptors (Lipinski definition) is 0. The topological polar surface area (TPSA) is 19.9 Å². The summed E-state index contributed by atoms with van der Waals surface area (Å²) in [5.74, 6) is 0. The van der Waals surface area contributed by atoms with Gasteiger partial charge in [0, 0.05) is 0 Å². The van der Waals surface area contributed by atoms with Gasteiger partial charge in [0.15, 0.2) is 0 Å². The van der Waals surface area contributed by atoms with E-state index in [1.54, 1.807) is 0 Å². The van der Waals surface area contributed by atoms with E-state index in [9.17, 15) is 5.11 Å². The van der Waals surface area contributed by atoms with Gasteiger partial charge in [-0.2, -0.15) is 0 Å². The van der Waals surface area contributed by atoms with Crippen molar-refractivity contribution < 1.29 is 5.11 Å². The predicted molar refractivity (Wildman–Crippen MR) is 49.4 cm³/mol. The van der Waals surface area contributed by atoms with Crippen molar-refractivity contribution in [1.82, 2.24) is 0 Å². The summed E-state index contributed by atoms with van der Waals surface area (Å²) in [6, 6.07) is 7.97. The molecule has 0 unspecified atom stereocenters. The third-order valence-electron chi connectivity index (χ3n) is 2.01. The first-order valence-corrected chi connectivity index (χ1v) is 4.52. The van der Waals surface area contributed by atoms with Gasteiger partial charge in [0.1, 0.15) is 6.61 Å². The Labute approximate surface area is 74.1 Å². The van der Waals surface area contributed by atoms with Crippen LogP contribution in [0.5, 0.6) is 0 Å². The predicted octanol–water partition coefficient (Wildman–Crippen LogP) is 2.96. The van der Waals surface area contributed by atoms with Gasteiger partial charge < -0.3 is 0 Å². The average Bonchev–Trinajstić information content (AvgIpc) is 2.15. The molecule has 65 valence electrons. The fraction of sp³-hybridized carbons (Fsp3) is 0.455. The zero-order chi connectivity index (χ0) is 8.81. The first-order chi connectivity index (χ1) is 5.86. The van der Waals surface area contributed by atoms with Gasteiger partial charge in [0.2, 0.25) is 0 Å². The van der Waals surface area contributed by atoms with E-state index in [4.69, 9.17) is 0 Å². The van der Waals surface area contributed by atoms with Gasteiger partial charge in [-0.25, -0.2) is 5.11 Å². The molecule has 1 heteroatoms. The highest BCUT2D eigenvalue weighted by Crippen LogP contribution is 2.07. The molecule has 1 nitrogen and oxygen atoms in total. The molecule has 0 N–H and O–H groups in total. The van der Waals surface area contributed by atoms with Crippen LogP contribution in [0.3, 0.4) is 0 Å². The molecule has 0 spiro atoms. The van der Waals surface area contributed by atoms with Crippen molar-refractivity contribution in [2.75, 3.05) is 0 Å². The summed E-state index contributed by atoms with van der Waals surface area (Å²) in [6.45, 7) is 2.08. The molecular weight excluding hydrogens is 148 g/mol. The largest absolute Gasteiger partial charge is 0.232 e. The van der Waals surface area contributed by atoms with Gasteiger partial charge in [-0.15, -0.1) is 0 Å². The lowest BCUT2D eigenvalue weighted by atomic mass is 10.1. The minimum atomic E-state index is -0.103. The minimum Gasteiger partial charge on any atom is -0.232 e. The maximum absolute atomic E-state index is 10.5. The van der Waals surface area contributed by atoms with Gasteiger partial charge >= 0.3 is 0 Å². The standard InChI is InChI=1S/C11H15O/c1-2-3-4-10-5-7-11(9-12)8-6-10/h5-8H,2-4,9H2,1H3. The van der Waals surface area contributed by atoms with Crippen molar-refractivity contribution in [3.63, 3.8) is 0 Å². The summed E-state index contributed by atoms with van der Waals surface area (Å²) in [5, 5.41) is 10.5. The molecule has 1 aromatic carbocycles. The summed E-state index contributed by atoms with van der Waals surface area (Å²) < 4.78 is 0. The molecule has 0 amide bonds. The highest BCUT2D eigenvalue weighted by Gasteiger charge is 1.93. The number of hydrogen-bond donors (Lipinski definition) is 0. The Bertz CT molecular complexity index is 213. The molecule has 1 rings (SSSR count). The van der Waals surface area contributed by atoms with E-state index in [1.807, 2.05) is 12.1 Å². The Kier molecular flexibility index (Phi) is 3.81. The Hall–Kier alpha value is -0.820. The molecular formula is C11H15O. The highest BCUT2D eigenvalue weighted by atomic mass is 16.3. The summed E-state index contributed by atoms with van der Waals surface area (Å²) >= 11 is 0. The molecule has 0 aliphatic heterocycles. The molecule has 1 radical (unpaired) electrons. The molecule has 0 heterocycles. The zero-order valence-corrected chi connectivity index (χ0v) is 7.55. The lowest BCUT2D eigenvalue weighted by molar-refractivity contribution is 0.177. The summed E-state index contributed by atoms with van der Waals surface area (Å²) in [6.07, 6.45) is 3.59. The molecule has 1 aromatic rings. The molecule has 0 fully saturated rings. The second-order valence-corrected chi connectivity index (χ2v) is 3.06. The maximum Gasteiger partial charge on any atom is 0.107 e. The summed E-state index contributed by atoms with van der Waals surface area (Å²) in [4.78, 5) is 0. The van der Waals surface area contributed by atoms with E-state index < -0.39 is 0 Å². The number of unbranched alkanes of at least 4 members (excludes halogenated alkanes) is 1. The SMILES string of the molecule is CCCCc1ccc(C[O])cc1. The van der Waals surface area contributed by atoms with E-state index in [2.05, 4.69) is 19.1 Å². The Morgan fingerprint density at radius 2 is 1.67 bits per heavy atom. The van der Waals surface area contributed by atoms with Crippen LogP contribution in [-0.2, 0) is 18.1 Å². The van der Waals surface area contributed by atoms with E-state index in [0.29, 0.717) is 0 Å². The van der Waals surface area contributed by atoms with Crippen LogP contribution in [0.25, 0.3) is 0 Å². The van der Waals surface area contributed by atoms with Crippen LogP contribution in [0.15, 0.2) is 24.3 Å². The van der Waals surface area contributed by atoms with E-state index in [1.165, 1.54) is 18.4 Å². The molecule has 0 aliphatic carbocycles. The highest BCUT2D eigenvalue weighted by molar-refractivity contribution is 5.21. The van der Waals surface area contributed by atoms with Crippen molar-refractivity contribution in [1.29, 1.82) is 0 Å². The third-order valence-corrected chi connectivity index (χ3v) is 2.01. The summed E-state index contributed by atoms with van der Waals surface area (Å²) in [7, 11) is 0. The van der Waals surface area contributed by atoms with Crippen molar-refractivity contribution in [2.24, 2.45) is 0 Å². The van der Waals surface area contributed by atoms with Gasteiger partial charge in [0.25, 0.3) is 0 Å². The monoisotopic (exact) mass is 163 g/mol. The molecule has 0 bridgehead atoms. The zero-order valence-electron chi connectivity index (χ0n) is 7.55. The van der Waals surface area contributed by atoms with Crippen LogP contribution in [0, 0.1) is 0 Å². The Balaban J connectivity index is 2.53. The lowest BCUT2D eigenvalue weighted by Gasteiger charge is -1.99. The normalized spacial score (nSPS) is 10.2. The van der Waals surface area contributed by atoms with E-state index >= 15 is 0 Å². The van der Waals surface area contributed by atoms with Crippen LogP contribution >= 0.6 is 0 Å². The number of benzene rings is 1. The van der Waals surface area contributed by atoms with Crippen LogP contribution in [0.1, 0.15) is 30.9 Å². The fourth-order valence-electron chi connectivity index (χ4n) is 1.18. The lowest BCUT2D eigenvalue weighted by Crippen LogP contribution is -1.86. The van der Waals surface area contributed by atoms with Crippen molar-refractivity contribution >= 4 is 0 Å². The minimum absolute atomic E-state index is 0.103. The van der Waals surface area contributed by atoms with E-state index in [0.717, 1.165) is 12.0 Å². The molecule has 0 aliphatic rings. The van der Waals surface area contributed by atoms with Crippen molar-refractivity contribution in [3.8, 4) is 0 Å². The molecule has 0 saturated carbocycles. The average molecular weight is 163 g/mol. The quantitative estimate of drug-likeness (QED) is 0.650. The van der Waals surface area contributed by atoms with E-state index in [-0.39, 0.29) is 6.61 Å². The molecule has 0 aromatic heterocycles. The van der Waals surface area contributed by atoms with Gasteiger partial charge in [0.05, 0.1) is 0 Å². The fourth-order valence-corrected chi connectivity index (χ4v) is 1.18. The summed E-state index contributed by atoms with van der Waals surface area (Å²) in [5.41, 5.74) is 2.23. The van der Waals surface area contributed by atoms with Crippen LogP contribution in [0.2, 0.25) is 0 Å². The first kappa shape index (κ1) is 9.27. The van der Waals surface area contributed by atoms with Crippen LogP contribution in [0.4, 0.5) is 0 Å². The van der Waals surface area contributed by atoms with Gasteiger partial charge in [-0.1, -0.05) is 37.6 Å². The Morgan fingerprint density at radius 1 is 1.08 bits per heavy atom. The molecule has 0 saturated heterocycles. The van der Waals surface area contributed by atoms with Crippen molar-refractivity contribution in [3.05, 3.63) is 35.4 Å². The Morgan fingerprint density at radius 3 is 2.17 bits per heavy atom. The first-order valence-electron chi connectivity index (χ1n) is 4.52. The third kappa shape index (κ3) is 2.67. The van der Waals surface area contributed by atoms with Crippen molar-refractivity contribution in [2.45, 2.75) is 32.8 Å². The number of aryl methyl sites for hydroxylation is 1. The molecule has 0 atom stereocenters. The second kappa shape index (κ2) is 4.94. The van der Waals surface area contributed by atoms with Crippen LogP contribution in [-0.4, -0.2) is 0 Å². The molecule has 12 heavy (non-hydrogen) atoms. The smallest absolute Gasteiger partial charge is 0.107 e. The number of rotatable bonds is 4. The maximum atomic E-state index is 10.5. The van der Waals surface area contributed by atoms with Gasteiger partial charge in [-0.05, 0) is 24.0 Å². The second-order valence-electron chi connectivity index (χ2n) is 3.06.